The van der Waals surface area contributed by atoms with Gasteiger partial charge in [0.15, 0.2) is 0 Å². The molecular weight excluding hydrogens is 282 g/mol. The van der Waals surface area contributed by atoms with E-state index in [1.807, 2.05) is 13.8 Å². The summed E-state index contributed by atoms with van der Waals surface area (Å²) in [4.78, 5) is 11.3. The topological polar surface area (TPSA) is 82.7 Å². The Hall–Kier alpha value is -1.85. The van der Waals surface area contributed by atoms with Crippen LogP contribution in [0.4, 0.5) is 0 Å². The lowest BCUT2D eigenvalue weighted by atomic mass is 10.0. The van der Waals surface area contributed by atoms with Crippen LogP contribution in [0.15, 0.2) is 12.1 Å². The van der Waals surface area contributed by atoms with Gasteiger partial charge in [0.2, 0.25) is 0 Å². The summed E-state index contributed by atoms with van der Waals surface area (Å²) in [5.74, 6) is -0.932. The number of carboxylic acid groups (broad SMARTS) is 1. The fourth-order valence-corrected chi connectivity index (χ4v) is 3.10. The molecule has 120 valence electrons. The van der Waals surface area contributed by atoms with Gasteiger partial charge in [-0.1, -0.05) is 0 Å². The number of rotatable bonds is 7. The maximum absolute atomic E-state index is 11.3. The summed E-state index contributed by atoms with van der Waals surface area (Å²) >= 11 is 0. The van der Waals surface area contributed by atoms with Crippen molar-refractivity contribution in [3.05, 3.63) is 34.5 Å². The number of carbonyl (C=O) groups is 1. The maximum atomic E-state index is 11.3. The van der Waals surface area contributed by atoms with E-state index in [0.29, 0.717) is 25.8 Å². The van der Waals surface area contributed by atoms with Gasteiger partial charge < -0.3 is 19.9 Å². The van der Waals surface area contributed by atoms with E-state index >= 15 is 0 Å². The summed E-state index contributed by atoms with van der Waals surface area (Å²) in [6.45, 7) is 4.87. The van der Waals surface area contributed by atoms with Crippen molar-refractivity contribution in [3.8, 4) is 0 Å². The van der Waals surface area contributed by atoms with E-state index in [9.17, 15) is 9.90 Å². The second-order valence-electron chi connectivity index (χ2n) is 5.61. The number of hydrogen-bond acceptors (Lipinski definition) is 3. The van der Waals surface area contributed by atoms with E-state index in [0.717, 1.165) is 27.7 Å². The molecule has 22 heavy (non-hydrogen) atoms. The van der Waals surface area contributed by atoms with Gasteiger partial charge in [0.25, 0.3) is 0 Å². The van der Waals surface area contributed by atoms with E-state index in [-0.39, 0.29) is 18.8 Å². The third kappa shape index (κ3) is 3.00. The Labute approximate surface area is 129 Å². The number of aromatic nitrogens is 1. The van der Waals surface area contributed by atoms with Crippen molar-refractivity contribution < 1.29 is 20.1 Å². The van der Waals surface area contributed by atoms with Crippen LogP contribution in [0.3, 0.4) is 0 Å². The Balaban J connectivity index is 2.68. The van der Waals surface area contributed by atoms with E-state index in [2.05, 4.69) is 4.57 Å². The van der Waals surface area contributed by atoms with Crippen LogP contribution in [0, 0.1) is 13.8 Å². The molecule has 5 nitrogen and oxygen atoms in total. The van der Waals surface area contributed by atoms with Gasteiger partial charge in [0.1, 0.15) is 0 Å². The highest BCUT2D eigenvalue weighted by Gasteiger charge is 2.17. The zero-order chi connectivity index (χ0) is 16.3. The van der Waals surface area contributed by atoms with E-state index < -0.39 is 5.97 Å². The first-order valence-corrected chi connectivity index (χ1v) is 7.58. The molecule has 2 rings (SSSR count). The van der Waals surface area contributed by atoms with Gasteiger partial charge in [-0.25, -0.2) is 4.79 Å². The number of carboxylic acids is 1. The van der Waals surface area contributed by atoms with Gasteiger partial charge in [-0.2, -0.15) is 0 Å². The molecule has 0 amide bonds. The number of aromatic carboxylic acids is 1. The first-order chi connectivity index (χ1) is 10.5. The maximum Gasteiger partial charge on any atom is 0.335 e. The lowest BCUT2D eigenvalue weighted by Crippen LogP contribution is -2.04. The molecule has 0 saturated heterocycles. The highest BCUT2D eigenvalue weighted by molar-refractivity contribution is 5.97. The van der Waals surface area contributed by atoms with Crippen LogP contribution in [0.2, 0.25) is 0 Å². The summed E-state index contributed by atoms with van der Waals surface area (Å²) in [5.41, 5.74) is 4.42. The quantitative estimate of drug-likeness (QED) is 0.733. The number of hydrogen-bond donors (Lipinski definition) is 3. The second-order valence-corrected chi connectivity index (χ2v) is 5.61. The average molecular weight is 305 g/mol. The van der Waals surface area contributed by atoms with E-state index in [1.54, 1.807) is 12.1 Å². The number of benzene rings is 1. The first kappa shape index (κ1) is 16.5. The van der Waals surface area contributed by atoms with Crippen LogP contribution in [-0.4, -0.2) is 39.1 Å². The monoisotopic (exact) mass is 305 g/mol. The standard InChI is InChI=1S/C17H23NO4/c1-11-9-13(17(21)22)10-15-14(5-3-7-19)12(2)18(16(11)15)6-4-8-20/h9-10,19-20H,3-8H2,1-2H3,(H,21,22). The van der Waals surface area contributed by atoms with Crippen LogP contribution >= 0.6 is 0 Å². The van der Waals surface area contributed by atoms with Crippen LogP contribution in [0.5, 0.6) is 0 Å². The largest absolute Gasteiger partial charge is 0.478 e. The molecule has 0 atom stereocenters. The number of fused-ring (bicyclic) bond motifs is 1. The summed E-state index contributed by atoms with van der Waals surface area (Å²) in [7, 11) is 0. The fourth-order valence-electron chi connectivity index (χ4n) is 3.10. The van der Waals surface area contributed by atoms with Crippen molar-refractivity contribution in [3.63, 3.8) is 0 Å². The Morgan fingerprint density at radius 3 is 2.41 bits per heavy atom. The number of aryl methyl sites for hydroxylation is 3. The molecule has 0 aliphatic heterocycles. The van der Waals surface area contributed by atoms with Crippen molar-refractivity contribution in [1.29, 1.82) is 0 Å². The van der Waals surface area contributed by atoms with Crippen molar-refractivity contribution in [2.75, 3.05) is 13.2 Å². The molecule has 1 aromatic heterocycles. The number of nitrogens with zero attached hydrogens (tertiary/aromatic N) is 1. The van der Waals surface area contributed by atoms with E-state index in [1.165, 1.54) is 0 Å². The number of aliphatic hydroxyl groups excluding tert-OH is 2. The molecule has 0 aliphatic rings. The lowest BCUT2D eigenvalue weighted by molar-refractivity contribution is 0.0697. The highest BCUT2D eigenvalue weighted by Crippen LogP contribution is 2.31. The minimum atomic E-state index is -0.932. The number of aliphatic hydroxyl groups is 2. The fraction of sp³-hybridized carbons (Fsp3) is 0.471. The summed E-state index contributed by atoms with van der Waals surface area (Å²) < 4.78 is 2.15. The SMILES string of the molecule is Cc1cc(C(=O)O)cc2c(CCCO)c(C)n(CCCO)c12. The van der Waals surface area contributed by atoms with Crippen LogP contribution in [-0.2, 0) is 13.0 Å². The predicted octanol–water partition coefficient (Wildman–Crippen LogP) is 2.26. The van der Waals surface area contributed by atoms with Gasteiger partial charge in [-0.15, -0.1) is 0 Å². The molecule has 3 N–H and O–H groups in total. The summed E-state index contributed by atoms with van der Waals surface area (Å²) in [6.07, 6.45) is 2.02. The van der Waals surface area contributed by atoms with Gasteiger partial charge in [-0.05, 0) is 56.4 Å². The summed E-state index contributed by atoms with van der Waals surface area (Å²) in [6, 6.07) is 3.41. The van der Waals surface area contributed by atoms with Gasteiger partial charge in [0, 0.05) is 30.8 Å². The molecule has 2 aromatic rings. The Kier molecular flexibility index (Phi) is 5.21. The smallest absolute Gasteiger partial charge is 0.335 e. The van der Waals surface area contributed by atoms with Crippen molar-refractivity contribution in [2.24, 2.45) is 0 Å². The zero-order valence-electron chi connectivity index (χ0n) is 13.1. The molecule has 1 heterocycles. The zero-order valence-corrected chi connectivity index (χ0v) is 13.1. The third-order valence-electron chi connectivity index (χ3n) is 4.11. The molecule has 0 spiro atoms. The molecule has 1 aromatic carbocycles. The minimum absolute atomic E-state index is 0.111. The van der Waals surface area contributed by atoms with Crippen LogP contribution in [0.1, 0.15) is 40.0 Å². The molecular formula is C17H23NO4. The lowest BCUT2D eigenvalue weighted by Gasteiger charge is -2.09. The molecule has 0 radical (unpaired) electrons. The van der Waals surface area contributed by atoms with Crippen molar-refractivity contribution in [2.45, 2.75) is 39.7 Å². The van der Waals surface area contributed by atoms with Gasteiger partial charge in [0.05, 0.1) is 11.1 Å². The molecule has 0 unspecified atom stereocenters. The van der Waals surface area contributed by atoms with Gasteiger partial charge in [-0.3, -0.25) is 0 Å². The highest BCUT2D eigenvalue weighted by atomic mass is 16.4. The Morgan fingerprint density at radius 1 is 1.14 bits per heavy atom. The molecule has 0 bridgehead atoms. The third-order valence-corrected chi connectivity index (χ3v) is 4.11. The van der Waals surface area contributed by atoms with Crippen molar-refractivity contribution >= 4 is 16.9 Å². The Morgan fingerprint density at radius 2 is 1.82 bits per heavy atom. The molecule has 0 saturated carbocycles. The van der Waals surface area contributed by atoms with Crippen LogP contribution in [0.25, 0.3) is 10.9 Å². The normalized spacial score (nSPS) is 11.3. The minimum Gasteiger partial charge on any atom is -0.478 e. The molecule has 5 heteroatoms. The Bertz CT molecular complexity index is 688. The summed E-state index contributed by atoms with van der Waals surface area (Å²) in [5, 5.41) is 28.4. The van der Waals surface area contributed by atoms with E-state index in [4.69, 9.17) is 10.2 Å². The first-order valence-electron chi connectivity index (χ1n) is 7.58. The average Bonchev–Trinajstić information content (AvgIpc) is 2.75. The second kappa shape index (κ2) is 6.94. The molecule has 0 aliphatic carbocycles. The van der Waals surface area contributed by atoms with Crippen LogP contribution < -0.4 is 0 Å². The van der Waals surface area contributed by atoms with Gasteiger partial charge >= 0.3 is 5.97 Å². The predicted molar refractivity (Wildman–Crippen MR) is 85.5 cm³/mol. The van der Waals surface area contributed by atoms with Crippen molar-refractivity contribution in [1.82, 2.24) is 4.57 Å². The molecule has 0 fully saturated rings.